The van der Waals surface area contributed by atoms with Crippen molar-refractivity contribution < 1.29 is 9.53 Å². The molecule has 0 aromatic heterocycles. The van der Waals surface area contributed by atoms with Crippen molar-refractivity contribution in [2.75, 3.05) is 24.3 Å². The molecule has 2 aromatic rings. The van der Waals surface area contributed by atoms with E-state index < -0.39 is 5.91 Å². The summed E-state index contributed by atoms with van der Waals surface area (Å²) in [5, 5.41) is 15.2. The molecule has 26 heavy (non-hydrogen) atoms. The van der Waals surface area contributed by atoms with Crippen LogP contribution in [0.25, 0.3) is 6.08 Å². The summed E-state index contributed by atoms with van der Waals surface area (Å²) < 4.78 is 7.41. The molecule has 0 fully saturated rings. The summed E-state index contributed by atoms with van der Waals surface area (Å²) in [5.41, 5.74) is 2.48. The van der Waals surface area contributed by atoms with Crippen molar-refractivity contribution in [1.29, 1.82) is 5.26 Å². The second-order valence-electron chi connectivity index (χ2n) is 5.19. The first-order valence-corrected chi connectivity index (χ1v) is 9.97. The highest BCUT2D eigenvalue weighted by molar-refractivity contribution is 14.1. The number of carbonyl (C=O) groups excluding carboxylic acids is 1. The number of nitrogens with zero attached hydrogens (tertiary/aromatic N) is 1. The normalized spacial score (nSPS) is 10.8. The van der Waals surface area contributed by atoms with Gasteiger partial charge in [-0.2, -0.15) is 5.26 Å². The number of hydrogen-bond donors (Lipinski definition) is 2. The maximum absolute atomic E-state index is 12.4. The number of hydrogen-bond acceptors (Lipinski definition) is 4. The minimum absolute atomic E-state index is 0.0442. The lowest BCUT2D eigenvalue weighted by atomic mass is 10.1. The summed E-state index contributed by atoms with van der Waals surface area (Å²) in [6, 6.07) is 12.9. The van der Waals surface area contributed by atoms with E-state index in [1.54, 1.807) is 30.3 Å². The third kappa shape index (κ3) is 5.35. The lowest BCUT2D eigenvalue weighted by molar-refractivity contribution is -0.112. The summed E-state index contributed by atoms with van der Waals surface area (Å²) in [6.45, 7) is 2.49. The molecular formula is C19H17I2N3O2. The van der Waals surface area contributed by atoms with Gasteiger partial charge in [-0.05, 0) is 100 Å². The molecule has 0 aliphatic carbocycles. The van der Waals surface area contributed by atoms with Gasteiger partial charge in [0.1, 0.15) is 17.4 Å². The van der Waals surface area contributed by atoms with Gasteiger partial charge < -0.3 is 15.4 Å². The Balaban J connectivity index is 2.20. The average molecular weight is 573 g/mol. The summed E-state index contributed by atoms with van der Waals surface area (Å²) in [7, 11) is 1.86. The van der Waals surface area contributed by atoms with Crippen LogP contribution >= 0.6 is 45.2 Å². The molecule has 0 heterocycles. The highest BCUT2D eigenvalue weighted by Gasteiger charge is 2.11. The van der Waals surface area contributed by atoms with Gasteiger partial charge in [0.15, 0.2) is 0 Å². The highest BCUT2D eigenvalue weighted by Crippen LogP contribution is 2.27. The topological polar surface area (TPSA) is 74.1 Å². The molecule has 0 spiro atoms. The zero-order chi connectivity index (χ0) is 19.1. The van der Waals surface area contributed by atoms with Crippen molar-refractivity contribution >= 4 is 68.5 Å². The predicted molar refractivity (Wildman–Crippen MR) is 121 cm³/mol. The zero-order valence-corrected chi connectivity index (χ0v) is 18.6. The Kier molecular flexibility index (Phi) is 7.71. The Morgan fingerprint density at radius 1 is 1.23 bits per heavy atom. The van der Waals surface area contributed by atoms with Crippen molar-refractivity contribution in [3.63, 3.8) is 0 Å². The van der Waals surface area contributed by atoms with Gasteiger partial charge in [0.25, 0.3) is 5.91 Å². The molecule has 0 saturated carbocycles. The van der Waals surface area contributed by atoms with Crippen molar-refractivity contribution in [2.45, 2.75) is 6.92 Å². The quantitative estimate of drug-likeness (QED) is 0.294. The molecular weight excluding hydrogens is 556 g/mol. The second-order valence-corrected chi connectivity index (χ2v) is 7.52. The van der Waals surface area contributed by atoms with Crippen molar-refractivity contribution in [1.82, 2.24) is 0 Å². The van der Waals surface area contributed by atoms with E-state index in [4.69, 9.17) is 4.74 Å². The summed E-state index contributed by atoms with van der Waals surface area (Å²) in [6.07, 6.45) is 1.59. The van der Waals surface area contributed by atoms with Crippen molar-refractivity contribution in [2.24, 2.45) is 0 Å². The maximum atomic E-state index is 12.4. The Labute approximate surface area is 180 Å². The molecule has 0 saturated heterocycles. The number of amides is 1. The van der Waals surface area contributed by atoms with Gasteiger partial charge in [0.2, 0.25) is 0 Å². The highest BCUT2D eigenvalue weighted by atomic mass is 127. The Morgan fingerprint density at radius 3 is 2.35 bits per heavy atom. The van der Waals surface area contributed by atoms with Crippen LogP contribution in [-0.4, -0.2) is 19.6 Å². The Morgan fingerprint density at radius 2 is 1.85 bits per heavy atom. The van der Waals surface area contributed by atoms with Gasteiger partial charge in [-0.3, -0.25) is 4.79 Å². The number of carbonyl (C=O) groups is 1. The standard InChI is InChI=1S/C19H17I2N3O2/c1-3-26-15-6-4-14(5-7-15)24-19(25)13(11-22)8-12-9-16(20)18(23-2)17(21)10-12/h4-10,23H,3H2,1-2H3,(H,24,25)/b13-8-. The number of nitriles is 1. The lowest BCUT2D eigenvalue weighted by Gasteiger charge is -2.09. The first kappa shape index (κ1) is 20.5. The molecule has 2 aromatic carbocycles. The second kappa shape index (κ2) is 9.78. The van der Waals surface area contributed by atoms with Crippen molar-refractivity contribution in [3.8, 4) is 11.8 Å². The molecule has 0 aliphatic rings. The van der Waals surface area contributed by atoms with E-state index in [1.165, 1.54) is 0 Å². The van der Waals surface area contributed by atoms with Crippen LogP contribution in [-0.2, 0) is 4.79 Å². The Bertz CT molecular complexity index is 848. The monoisotopic (exact) mass is 573 g/mol. The number of rotatable bonds is 6. The van der Waals surface area contributed by atoms with Crippen LogP contribution in [0.1, 0.15) is 12.5 Å². The smallest absolute Gasteiger partial charge is 0.266 e. The van der Waals surface area contributed by atoms with Gasteiger partial charge >= 0.3 is 0 Å². The van der Waals surface area contributed by atoms with Gasteiger partial charge in [-0.25, -0.2) is 0 Å². The molecule has 2 rings (SSSR count). The van der Waals surface area contributed by atoms with Crippen LogP contribution in [0.2, 0.25) is 0 Å². The minimum atomic E-state index is -0.445. The van der Waals surface area contributed by atoms with Gasteiger partial charge in [0.05, 0.1) is 12.3 Å². The Hall–Kier alpha value is -1.80. The molecule has 134 valence electrons. The number of halogens is 2. The summed E-state index contributed by atoms with van der Waals surface area (Å²) in [5.74, 6) is 0.287. The van der Waals surface area contributed by atoms with Gasteiger partial charge in [-0.15, -0.1) is 0 Å². The summed E-state index contributed by atoms with van der Waals surface area (Å²) >= 11 is 4.45. The lowest BCUT2D eigenvalue weighted by Crippen LogP contribution is -2.13. The molecule has 0 unspecified atom stereocenters. The summed E-state index contributed by atoms with van der Waals surface area (Å²) in [4.78, 5) is 12.4. The molecule has 7 heteroatoms. The number of ether oxygens (including phenoxy) is 1. The maximum Gasteiger partial charge on any atom is 0.266 e. The molecule has 0 aliphatic heterocycles. The fourth-order valence-electron chi connectivity index (χ4n) is 2.23. The predicted octanol–water partition coefficient (Wildman–Crippen LogP) is 4.88. The SMILES string of the molecule is CCOc1ccc(NC(=O)/C(C#N)=C\c2cc(I)c(NC)c(I)c2)cc1. The van der Waals surface area contributed by atoms with Gasteiger partial charge in [-0.1, -0.05) is 0 Å². The van der Waals surface area contributed by atoms with E-state index >= 15 is 0 Å². The van der Waals surface area contributed by atoms with Crippen LogP contribution in [0.15, 0.2) is 42.0 Å². The number of nitrogens with one attached hydrogen (secondary N) is 2. The minimum Gasteiger partial charge on any atom is -0.494 e. The largest absolute Gasteiger partial charge is 0.494 e. The average Bonchev–Trinajstić information content (AvgIpc) is 2.61. The number of benzene rings is 2. The molecule has 0 atom stereocenters. The fourth-order valence-corrected chi connectivity index (χ4v) is 4.59. The molecule has 0 radical (unpaired) electrons. The molecule has 0 bridgehead atoms. The van der Waals surface area contributed by atoms with E-state index in [0.717, 1.165) is 24.1 Å². The van der Waals surface area contributed by atoms with E-state index in [0.29, 0.717) is 12.3 Å². The number of anilines is 2. The first-order chi connectivity index (χ1) is 12.5. The van der Waals surface area contributed by atoms with Crippen LogP contribution in [0.4, 0.5) is 11.4 Å². The van der Waals surface area contributed by atoms with E-state index in [1.807, 2.05) is 32.2 Å². The van der Waals surface area contributed by atoms with E-state index in [-0.39, 0.29) is 5.57 Å². The first-order valence-electron chi connectivity index (χ1n) is 7.81. The van der Waals surface area contributed by atoms with Crippen LogP contribution < -0.4 is 15.4 Å². The third-order valence-electron chi connectivity index (χ3n) is 3.41. The van der Waals surface area contributed by atoms with Crippen molar-refractivity contribution in [3.05, 3.63) is 54.7 Å². The third-order valence-corrected chi connectivity index (χ3v) is 5.12. The van der Waals surface area contributed by atoms with Crippen LogP contribution in [0, 0.1) is 18.5 Å². The van der Waals surface area contributed by atoms with Crippen LogP contribution in [0.3, 0.4) is 0 Å². The molecule has 5 nitrogen and oxygen atoms in total. The molecule has 1 amide bonds. The van der Waals surface area contributed by atoms with Crippen LogP contribution in [0.5, 0.6) is 5.75 Å². The molecule has 2 N–H and O–H groups in total. The zero-order valence-electron chi connectivity index (χ0n) is 14.3. The van der Waals surface area contributed by atoms with Gasteiger partial charge in [0, 0.05) is 19.9 Å². The fraction of sp³-hybridized carbons (Fsp3) is 0.158. The van der Waals surface area contributed by atoms with E-state index in [2.05, 4.69) is 55.8 Å². The van der Waals surface area contributed by atoms with E-state index in [9.17, 15) is 10.1 Å².